The first-order chi connectivity index (χ1) is 9.25. The zero-order chi connectivity index (χ0) is 13.5. The average Bonchev–Trinajstić information content (AvgIpc) is 2.47. The largest absolute Gasteiger partial charge is 0.414 e. The van der Waals surface area contributed by atoms with Crippen LogP contribution in [0.3, 0.4) is 0 Å². The van der Waals surface area contributed by atoms with Crippen molar-refractivity contribution in [1.82, 2.24) is 4.90 Å². The summed E-state index contributed by atoms with van der Waals surface area (Å²) in [5.74, 6) is 1.26. The van der Waals surface area contributed by atoms with E-state index in [-0.39, 0.29) is 6.09 Å². The minimum absolute atomic E-state index is 0.293. The molecule has 1 aliphatic rings. The summed E-state index contributed by atoms with van der Waals surface area (Å²) in [6, 6.07) is 9.16. The van der Waals surface area contributed by atoms with Crippen molar-refractivity contribution >= 4 is 6.09 Å². The lowest BCUT2D eigenvalue weighted by atomic mass is 9.96. The molecule has 1 heterocycles. The van der Waals surface area contributed by atoms with Crippen molar-refractivity contribution in [3.05, 3.63) is 30.3 Å². The standard InChI is InChI=1S/C15H21NO3/c1-16(10-7-13-8-11-18-12-9-13)15(17)19-14-5-3-2-4-6-14/h2-6,13H,7-12H2,1H3. The van der Waals surface area contributed by atoms with Crippen LogP contribution in [0.2, 0.25) is 0 Å². The second-order valence-electron chi connectivity index (χ2n) is 4.95. The quantitative estimate of drug-likeness (QED) is 0.838. The van der Waals surface area contributed by atoms with Crippen LogP contribution in [0.1, 0.15) is 19.3 Å². The fraction of sp³-hybridized carbons (Fsp3) is 0.533. The lowest BCUT2D eigenvalue weighted by molar-refractivity contribution is 0.0611. The van der Waals surface area contributed by atoms with Gasteiger partial charge in [0.1, 0.15) is 5.75 Å². The second-order valence-corrected chi connectivity index (χ2v) is 4.95. The van der Waals surface area contributed by atoms with Crippen LogP contribution in [0.5, 0.6) is 5.75 Å². The van der Waals surface area contributed by atoms with Gasteiger partial charge in [0.25, 0.3) is 0 Å². The van der Waals surface area contributed by atoms with Gasteiger partial charge in [-0.2, -0.15) is 0 Å². The predicted molar refractivity (Wildman–Crippen MR) is 73.3 cm³/mol. The summed E-state index contributed by atoms with van der Waals surface area (Å²) < 4.78 is 10.6. The third kappa shape index (κ3) is 4.56. The van der Waals surface area contributed by atoms with Crippen LogP contribution in [0, 0.1) is 5.92 Å². The summed E-state index contributed by atoms with van der Waals surface area (Å²) in [4.78, 5) is 13.5. The van der Waals surface area contributed by atoms with Crippen molar-refractivity contribution < 1.29 is 14.3 Å². The summed E-state index contributed by atoms with van der Waals surface area (Å²) in [7, 11) is 1.78. The zero-order valence-corrected chi connectivity index (χ0v) is 11.4. The highest BCUT2D eigenvalue weighted by Gasteiger charge is 2.17. The molecule has 0 aliphatic carbocycles. The van der Waals surface area contributed by atoms with E-state index < -0.39 is 0 Å². The molecule has 0 atom stereocenters. The van der Waals surface area contributed by atoms with Gasteiger partial charge >= 0.3 is 6.09 Å². The molecule has 0 N–H and O–H groups in total. The van der Waals surface area contributed by atoms with Crippen LogP contribution in [-0.4, -0.2) is 37.8 Å². The van der Waals surface area contributed by atoms with Crippen LogP contribution in [0.15, 0.2) is 30.3 Å². The van der Waals surface area contributed by atoms with E-state index in [0.29, 0.717) is 11.7 Å². The SMILES string of the molecule is CN(CCC1CCOCC1)C(=O)Oc1ccccc1. The van der Waals surface area contributed by atoms with Gasteiger partial charge in [0.2, 0.25) is 0 Å². The third-order valence-electron chi connectivity index (χ3n) is 3.47. The average molecular weight is 263 g/mol. The molecule has 0 bridgehead atoms. The Labute approximate surface area is 114 Å². The molecule has 104 valence electrons. The van der Waals surface area contributed by atoms with E-state index in [1.54, 1.807) is 24.1 Å². The molecule has 1 fully saturated rings. The highest BCUT2D eigenvalue weighted by molar-refractivity contribution is 5.70. The topological polar surface area (TPSA) is 38.8 Å². The molecule has 0 unspecified atom stereocenters. The third-order valence-corrected chi connectivity index (χ3v) is 3.47. The number of ether oxygens (including phenoxy) is 2. The molecule has 0 spiro atoms. The van der Waals surface area contributed by atoms with Crippen LogP contribution in [0.4, 0.5) is 4.79 Å². The Morgan fingerprint density at radius 3 is 2.68 bits per heavy atom. The first-order valence-electron chi connectivity index (χ1n) is 6.81. The number of benzene rings is 1. The molecule has 1 aromatic carbocycles. The Hall–Kier alpha value is -1.55. The van der Waals surface area contributed by atoms with Gasteiger partial charge in [-0.3, -0.25) is 0 Å². The predicted octanol–water partition coefficient (Wildman–Crippen LogP) is 2.93. The lowest BCUT2D eigenvalue weighted by Gasteiger charge is -2.24. The van der Waals surface area contributed by atoms with E-state index >= 15 is 0 Å². The number of hydrogen-bond acceptors (Lipinski definition) is 3. The molecule has 4 nitrogen and oxygen atoms in total. The van der Waals surface area contributed by atoms with Crippen LogP contribution < -0.4 is 4.74 Å². The summed E-state index contributed by atoms with van der Waals surface area (Å²) in [5, 5.41) is 0. The number of amides is 1. The van der Waals surface area contributed by atoms with Crippen molar-refractivity contribution in [2.75, 3.05) is 26.8 Å². The second kappa shape index (κ2) is 7.14. The summed E-state index contributed by atoms with van der Waals surface area (Å²) >= 11 is 0. The van der Waals surface area contributed by atoms with E-state index in [9.17, 15) is 4.79 Å². The normalized spacial score (nSPS) is 16.1. The first kappa shape index (κ1) is 13.9. The van der Waals surface area contributed by atoms with E-state index in [1.165, 1.54) is 0 Å². The minimum atomic E-state index is -0.293. The van der Waals surface area contributed by atoms with E-state index in [2.05, 4.69) is 0 Å². The van der Waals surface area contributed by atoms with Gasteiger partial charge in [-0.1, -0.05) is 18.2 Å². The summed E-state index contributed by atoms with van der Waals surface area (Å²) in [6.45, 7) is 2.43. The highest BCUT2D eigenvalue weighted by Crippen LogP contribution is 2.18. The van der Waals surface area contributed by atoms with Crippen molar-refractivity contribution in [3.8, 4) is 5.75 Å². The van der Waals surface area contributed by atoms with Crippen molar-refractivity contribution in [2.24, 2.45) is 5.92 Å². The van der Waals surface area contributed by atoms with E-state index in [1.807, 2.05) is 18.2 Å². The Bertz CT molecular complexity index is 388. The molecule has 1 aliphatic heterocycles. The van der Waals surface area contributed by atoms with E-state index in [0.717, 1.165) is 39.0 Å². The van der Waals surface area contributed by atoms with Gasteiger partial charge in [0.15, 0.2) is 0 Å². The number of para-hydroxylation sites is 1. The molecule has 4 heteroatoms. The Morgan fingerprint density at radius 1 is 1.32 bits per heavy atom. The molecule has 0 aromatic heterocycles. The number of carbonyl (C=O) groups is 1. The Kier molecular flexibility index (Phi) is 5.21. The molecule has 0 saturated carbocycles. The van der Waals surface area contributed by atoms with Crippen LogP contribution in [-0.2, 0) is 4.74 Å². The molecule has 1 amide bonds. The maximum atomic E-state index is 11.9. The maximum Gasteiger partial charge on any atom is 0.414 e. The zero-order valence-electron chi connectivity index (χ0n) is 11.4. The first-order valence-corrected chi connectivity index (χ1v) is 6.81. The lowest BCUT2D eigenvalue weighted by Crippen LogP contribution is -2.32. The van der Waals surface area contributed by atoms with E-state index in [4.69, 9.17) is 9.47 Å². The maximum absolute atomic E-state index is 11.9. The molecular weight excluding hydrogens is 242 g/mol. The van der Waals surface area contributed by atoms with Crippen molar-refractivity contribution in [3.63, 3.8) is 0 Å². The number of nitrogens with zero attached hydrogens (tertiary/aromatic N) is 1. The van der Waals surface area contributed by atoms with Crippen molar-refractivity contribution in [1.29, 1.82) is 0 Å². The molecule has 0 radical (unpaired) electrons. The van der Waals surface area contributed by atoms with Crippen LogP contribution in [0.25, 0.3) is 0 Å². The van der Waals surface area contributed by atoms with Gasteiger partial charge in [-0.15, -0.1) is 0 Å². The molecule has 1 saturated heterocycles. The Morgan fingerprint density at radius 2 is 2.00 bits per heavy atom. The number of rotatable bonds is 4. The molecular formula is C15H21NO3. The summed E-state index contributed by atoms with van der Waals surface area (Å²) in [5.41, 5.74) is 0. The van der Waals surface area contributed by atoms with Crippen LogP contribution >= 0.6 is 0 Å². The molecule has 2 rings (SSSR count). The monoisotopic (exact) mass is 263 g/mol. The number of hydrogen-bond donors (Lipinski definition) is 0. The smallest absolute Gasteiger partial charge is 0.410 e. The summed E-state index contributed by atoms with van der Waals surface area (Å²) in [6.07, 6.45) is 2.92. The fourth-order valence-electron chi connectivity index (χ4n) is 2.17. The fourth-order valence-corrected chi connectivity index (χ4v) is 2.17. The number of carbonyl (C=O) groups excluding carboxylic acids is 1. The van der Waals surface area contributed by atoms with Crippen molar-refractivity contribution in [2.45, 2.75) is 19.3 Å². The molecule has 1 aromatic rings. The highest BCUT2D eigenvalue weighted by atomic mass is 16.6. The Balaban J connectivity index is 1.73. The van der Waals surface area contributed by atoms with Gasteiger partial charge in [0.05, 0.1) is 0 Å². The van der Waals surface area contributed by atoms with Gasteiger partial charge in [-0.05, 0) is 37.3 Å². The van der Waals surface area contributed by atoms with Gasteiger partial charge in [0, 0.05) is 26.8 Å². The van der Waals surface area contributed by atoms with Gasteiger partial charge in [-0.25, -0.2) is 4.79 Å². The minimum Gasteiger partial charge on any atom is -0.410 e. The van der Waals surface area contributed by atoms with Gasteiger partial charge < -0.3 is 14.4 Å². The molecule has 19 heavy (non-hydrogen) atoms.